The smallest absolute Gasteiger partial charge is 0.216 e. The van der Waals surface area contributed by atoms with E-state index in [2.05, 4.69) is 34.5 Å². The Bertz CT molecular complexity index is 434. The van der Waals surface area contributed by atoms with Crippen LogP contribution in [0.25, 0.3) is 0 Å². The molecule has 0 fully saturated rings. The number of hydrogen-bond acceptors (Lipinski definition) is 3. The number of hydrogen-bond donors (Lipinski definition) is 2. The van der Waals surface area contributed by atoms with Crippen LogP contribution in [0.1, 0.15) is 24.5 Å². The van der Waals surface area contributed by atoms with Crippen molar-refractivity contribution in [2.45, 2.75) is 32.4 Å². The van der Waals surface area contributed by atoms with Gasteiger partial charge in [0, 0.05) is 33.1 Å². The average Bonchev–Trinajstić information content (AvgIpc) is 2.38. The first-order valence-electron chi connectivity index (χ1n) is 6.87. The lowest BCUT2D eigenvalue weighted by Crippen LogP contribution is -2.38. The number of nitrogens with one attached hydrogen (secondary N) is 1. The second-order valence-corrected chi connectivity index (χ2v) is 5.18. The number of fused-ring (bicyclic) bond motifs is 1. The summed E-state index contributed by atoms with van der Waals surface area (Å²) in [6, 6.07) is 8.48. The van der Waals surface area contributed by atoms with E-state index in [1.54, 1.807) is 0 Å². The van der Waals surface area contributed by atoms with Crippen molar-refractivity contribution in [2.75, 3.05) is 19.6 Å². The zero-order chi connectivity index (χ0) is 13.7. The third-order valence-electron chi connectivity index (χ3n) is 3.53. The van der Waals surface area contributed by atoms with Gasteiger partial charge in [-0.15, -0.1) is 0 Å². The number of aliphatic hydroxyl groups excluding tert-OH is 1. The average molecular weight is 262 g/mol. The van der Waals surface area contributed by atoms with Crippen LogP contribution >= 0.6 is 0 Å². The molecule has 2 N–H and O–H groups in total. The van der Waals surface area contributed by atoms with Crippen molar-refractivity contribution in [2.24, 2.45) is 0 Å². The van der Waals surface area contributed by atoms with Gasteiger partial charge in [-0.2, -0.15) is 0 Å². The molecule has 1 heterocycles. The van der Waals surface area contributed by atoms with Gasteiger partial charge in [0.2, 0.25) is 5.91 Å². The van der Waals surface area contributed by atoms with E-state index in [4.69, 9.17) is 0 Å². The fraction of sp³-hybridized carbons (Fsp3) is 0.533. The molecule has 1 amide bonds. The highest BCUT2D eigenvalue weighted by Crippen LogP contribution is 2.18. The van der Waals surface area contributed by atoms with Gasteiger partial charge in [-0.25, -0.2) is 0 Å². The first-order valence-corrected chi connectivity index (χ1v) is 6.87. The van der Waals surface area contributed by atoms with Gasteiger partial charge in [-0.1, -0.05) is 24.3 Å². The molecule has 1 unspecified atom stereocenters. The molecule has 0 saturated carbocycles. The minimum absolute atomic E-state index is 0.0425. The maximum Gasteiger partial charge on any atom is 0.216 e. The summed E-state index contributed by atoms with van der Waals surface area (Å²) in [5, 5.41) is 12.7. The molecule has 2 rings (SSSR count). The fourth-order valence-corrected chi connectivity index (χ4v) is 2.51. The Balaban J connectivity index is 1.77. The van der Waals surface area contributed by atoms with Crippen molar-refractivity contribution in [3.05, 3.63) is 35.4 Å². The molecule has 1 aliphatic rings. The van der Waals surface area contributed by atoms with Crippen LogP contribution in [-0.2, 0) is 17.8 Å². The Hall–Kier alpha value is -1.39. The van der Waals surface area contributed by atoms with Crippen LogP contribution < -0.4 is 5.32 Å². The minimum atomic E-state index is -0.378. The molecular formula is C15H22N2O2. The first kappa shape index (κ1) is 14.0. The Labute approximate surface area is 114 Å². The quantitative estimate of drug-likeness (QED) is 0.830. The summed E-state index contributed by atoms with van der Waals surface area (Å²) in [5.74, 6) is -0.0425. The molecule has 0 aromatic heterocycles. The standard InChI is InChI=1S/C15H22N2O2/c1-12(18)16-8-6-15(19)11-17-9-7-13-4-2-3-5-14(13)10-17/h2-5,15,19H,6-11H2,1H3,(H,16,18). The van der Waals surface area contributed by atoms with E-state index in [0.717, 1.165) is 19.5 Å². The third kappa shape index (κ3) is 4.33. The molecule has 4 nitrogen and oxygen atoms in total. The Kier molecular flexibility index (Phi) is 4.93. The lowest BCUT2D eigenvalue weighted by atomic mass is 9.99. The van der Waals surface area contributed by atoms with Gasteiger partial charge in [0.05, 0.1) is 6.10 Å². The summed E-state index contributed by atoms with van der Waals surface area (Å²) in [7, 11) is 0. The molecule has 0 spiro atoms. The van der Waals surface area contributed by atoms with Crippen LogP contribution in [-0.4, -0.2) is 41.7 Å². The number of amides is 1. The molecule has 0 radical (unpaired) electrons. The maximum atomic E-state index is 10.7. The number of nitrogens with zero attached hydrogens (tertiary/aromatic N) is 1. The van der Waals surface area contributed by atoms with Gasteiger partial charge < -0.3 is 10.4 Å². The van der Waals surface area contributed by atoms with E-state index in [1.807, 2.05) is 0 Å². The van der Waals surface area contributed by atoms with Crippen LogP contribution in [0.5, 0.6) is 0 Å². The molecule has 0 aliphatic carbocycles. The topological polar surface area (TPSA) is 52.6 Å². The fourth-order valence-electron chi connectivity index (χ4n) is 2.51. The molecule has 4 heteroatoms. The van der Waals surface area contributed by atoms with Gasteiger partial charge in [0.1, 0.15) is 0 Å². The number of aliphatic hydroxyl groups is 1. The largest absolute Gasteiger partial charge is 0.392 e. The lowest BCUT2D eigenvalue weighted by Gasteiger charge is -2.30. The lowest BCUT2D eigenvalue weighted by molar-refractivity contribution is -0.119. The van der Waals surface area contributed by atoms with Gasteiger partial charge in [0.25, 0.3) is 0 Å². The van der Waals surface area contributed by atoms with Crippen LogP contribution in [0.3, 0.4) is 0 Å². The summed E-state index contributed by atoms with van der Waals surface area (Å²) in [5.41, 5.74) is 2.79. The Morgan fingerprint density at radius 1 is 1.42 bits per heavy atom. The van der Waals surface area contributed by atoms with Gasteiger partial charge in [-0.05, 0) is 24.0 Å². The van der Waals surface area contributed by atoms with Crippen LogP contribution in [0, 0.1) is 0 Å². The van der Waals surface area contributed by atoms with Gasteiger partial charge >= 0.3 is 0 Å². The number of benzene rings is 1. The predicted octanol–water partition coefficient (Wildman–Crippen LogP) is 0.932. The molecule has 0 bridgehead atoms. The molecule has 1 atom stereocenters. The van der Waals surface area contributed by atoms with Gasteiger partial charge in [-0.3, -0.25) is 9.69 Å². The molecule has 0 saturated heterocycles. The van der Waals surface area contributed by atoms with E-state index in [0.29, 0.717) is 19.5 Å². The van der Waals surface area contributed by atoms with Crippen molar-refractivity contribution in [3.8, 4) is 0 Å². The maximum absolute atomic E-state index is 10.7. The predicted molar refractivity (Wildman–Crippen MR) is 74.7 cm³/mol. The summed E-state index contributed by atoms with van der Waals surface area (Å²) >= 11 is 0. The van der Waals surface area contributed by atoms with Crippen molar-refractivity contribution in [1.29, 1.82) is 0 Å². The molecular weight excluding hydrogens is 240 g/mol. The first-order chi connectivity index (χ1) is 9.15. The third-order valence-corrected chi connectivity index (χ3v) is 3.53. The minimum Gasteiger partial charge on any atom is -0.392 e. The molecule has 1 aromatic rings. The second kappa shape index (κ2) is 6.68. The molecule has 1 aliphatic heterocycles. The zero-order valence-corrected chi connectivity index (χ0v) is 11.4. The van der Waals surface area contributed by atoms with E-state index in [9.17, 15) is 9.90 Å². The number of β-amino-alcohol motifs (C(OH)–C–C–N with tert-alkyl or cyclic N) is 1. The van der Waals surface area contributed by atoms with E-state index in [-0.39, 0.29) is 12.0 Å². The van der Waals surface area contributed by atoms with Crippen LogP contribution in [0.4, 0.5) is 0 Å². The van der Waals surface area contributed by atoms with E-state index in [1.165, 1.54) is 18.1 Å². The van der Waals surface area contributed by atoms with Crippen molar-refractivity contribution < 1.29 is 9.90 Å². The van der Waals surface area contributed by atoms with Crippen molar-refractivity contribution >= 4 is 5.91 Å². The van der Waals surface area contributed by atoms with E-state index >= 15 is 0 Å². The molecule has 19 heavy (non-hydrogen) atoms. The summed E-state index contributed by atoms with van der Waals surface area (Å²) in [6.45, 7) is 4.62. The number of carbonyl (C=O) groups excluding carboxylic acids is 1. The van der Waals surface area contributed by atoms with E-state index < -0.39 is 0 Å². The SMILES string of the molecule is CC(=O)NCCC(O)CN1CCc2ccccc2C1. The molecule has 104 valence electrons. The van der Waals surface area contributed by atoms with Crippen LogP contribution in [0.15, 0.2) is 24.3 Å². The Morgan fingerprint density at radius 2 is 2.16 bits per heavy atom. The normalized spacial score (nSPS) is 16.7. The van der Waals surface area contributed by atoms with Gasteiger partial charge in [0.15, 0.2) is 0 Å². The monoisotopic (exact) mass is 262 g/mol. The second-order valence-electron chi connectivity index (χ2n) is 5.18. The summed E-state index contributed by atoms with van der Waals surface area (Å²) < 4.78 is 0. The summed E-state index contributed by atoms with van der Waals surface area (Å²) in [4.78, 5) is 13.0. The van der Waals surface area contributed by atoms with Crippen LogP contribution in [0.2, 0.25) is 0 Å². The highest BCUT2D eigenvalue weighted by Gasteiger charge is 2.18. The highest BCUT2D eigenvalue weighted by atomic mass is 16.3. The number of carbonyl (C=O) groups is 1. The molecule has 1 aromatic carbocycles. The zero-order valence-electron chi connectivity index (χ0n) is 11.4. The Morgan fingerprint density at radius 3 is 2.89 bits per heavy atom. The highest BCUT2D eigenvalue weighted by molar-refractivity contribution is 5.72. The number of rotatable bonds is 5. The van der Waals surface area contributed by atoms with Crippen molar-refractivity contribution in [3.63, 3.8) is 0 Å². The van der Waals surface area contributed by atoms with Crippen molar-refractivity contribution in [1.82, 2.24) is 10.2 Å². The summed E-state index contributed by atoms with van der Waals surface area (Å²) in [6.07, 6.45) is 1.28.